The highest BCUT2D eigenvalue weighted by Gasteiger charge is 2.50. The lowest BCUT2D eigenvalue weighted by molar-refractivity contribution is -0.279. The molecule has 168 valence electrons. The number of aliphatic carboxylic acids is 1. The van der Waals surface area contributed by atoms with Gasteiger partial charge in [-0.25, -0.2) is 4.18 Å². The molecule has 0 aliphatic carbocycles. The van der Waals surface area contributed by atoms with Crippen LogP contribution in [0.5, 0.6) is 0 Å². The third-order valence-corrected chi connectivity index (χ3v) is 5.06. The summed E-state index contributed by atoms with van der Waals surface area (Å²) < 4.78 is 46.5. The summed E-state index contributed by atoms with van der Waals surface area (Å²) in [6.07, 6.45) is -7.48. The number of carbonyl (C=O) groups excluding carboxylic acids is 1. The van der Waals surface area contributed by atoms with Gasteiger partial charge in [0.15, 0.2) is 6.29 Å². The van der Waals surface area contributed by atoms with E-state index in [-0.39, 0.29) is 6.42 Å². The highest BCUT2D eigenvalue weighted by molar-refractivity contribution is 7.80. The van der Waals surface area contributed by atoms with Crippen LogP contribution < -0.4 is 10.6 Å². The number of hydrogen-bond donors (Lipinski definition) is 7. The number of nitrogens with one attached hydrogen (secondary N) is 2. The van der Waals surface area contributed by atoms with Crippen LogP contribution in [0.2, 0.25) is 0 Å². The molecule has 0 spiro atoms. The number of carbonyl (C=O) groups is 2. The van der Waals surface area contributed by atoms with Crippen molar-refractivity contribution in [2.45, 2.75) is 62.2 Å². The van der Waals surface area contributed by atoms with E-state index in [1.54, 1.807) is 0 Å². The van der Waals surface area contributed by atoms with Crippen LogP contribution in [0, 0.1) is 0 Å². The highest BCUT2D eigenvalue weighted by Crippen LogP contribution is 2.29. The van der Waals surface area contributed by atoms with E-state index in [4.69, 9.17) is 19.1 Å². The highest BCUT2D eigenvalue weighted by atomic mass is 32.3. The zero-order valence-corrected chi connectivity index (χ0v) is 16.1. The Labute approximate surface area is 165 Å². The molecule has 0 aromatic carbocycles. The summed E-state index contributed by atoms with van der Waals surface area (Å²) in [4.78, 5) is 22.7. The second-order valence-corrected chi connectivity index (χ2v) is 7.74. The molecule has 2 aliphatic heterocycles. The van der Waals surface area contributed by atoms with Gasteiger partial charge in [0.1, 0.15) is 30.4 Å². The number of aliphatic hydroxyl groups excluding tert-OH is 3. The minimum absolute atomic E-state index is 0.0714. The normalized spacial score (nSPS) is 38.0. The molecule has 2 heterocycles. The molecule has 2 saturated heterocycles. The van der Waals surface area contributed by atoms with Gasteiger partial charge in [0.25, 0.3) is 0 Å². The van der Waals surface area contributed by atoms with Gasteiger partial charge in [-0.1, -0.05) is 0 Å². The van der Waals surface area contributed by atoms with Crippen LogP contribution in [0.1, 0.15) is 13.3 Å². The first-order chi connectivity index (χ1) is 13.5. The molecule has 0 aromatic heterocycles. The zero-order valence-electron chi connectivity index (χ0n) is 15.2. The van der Waals surface area contributed by atoms with Crippen molar-refractivity contribution >= 4 is 22.3 Å². The molecule has 29 heavy (non-hydrogen) atoms. The van der Waals surface area contributed by atoms with Crippen molar-refractivity contribution in [3.8, 4) is 0 Å². The van der Waals surface area contributed by atoms with Gasteiger partial charge in [-0.3, -0.25) is 19.5 Å². The maximum atomic E-state index is 11.5. The van der Waals surface area contributed by atoms with Crippen LogP contribution in [0.25, 0.3) is 0 Å². The van der Waals surface area contributed by atoms with Crippen molar-refractivity contribution in [3.05, 3.63) is 0 Å². The van der Waals surface area contributed by atoms with E-state index in [1.165, 1.54) is 0 Å². The molecule has 0 bridgehead atoms. The predicted molar refractivity (Wildman–Crippen MR) is 90.7 cm³/mol. The summed E-state index contributed by atoms with van der Waals surface area (Å²) in [5, 5.41) is 43.5. The van der Waals surface area contributed by atoms with E-state index < -0.39 is 84.3 Å². The van der Waals surface area contributed by atoms with Crippen molar-refractivity contribution in [2.24, 2.45) is 0 Å². The maximum absolute atomic E-state index is 11.5. The van der Waals surface area contributed by atoms with Gasteiger partial charge in [-0.05, 0) is 0 Å². The van der Waals surface area contributed by atoms with Crippen molar-refractivity contribution in [3.63, 3.8) is 0 Å². The Morgan fingerprint density at radius 3 is 2.41 bits per heavy atom. The fourth-order valence-corrected chi connectivity index (χ4v) is 3.84. The van der Waals surface area contributed by atoms with Gasteiger partial charge in [0, 0.05) is 13.3 Å². The minimum atomic E-state index is -5.03. The molecule has 2 rings (SSSR count). The predicted octanol–water partition coefficient (Wildman–Crippen LogP) is -4.05. The number of aliphatic hydroxyl groups is 3. The molecule has 8 unspecified atom stereocenters. The van der Waals surface area contributed by atoms with Gasteiger partial charge in [-0.15, -0.1) is 0 Å². The number of amides is 1. The molecule has 15 heteroatoms. The van der Waals surface area contributed by atoms with Crippen LogP contribution in [-0.4, -0.2) is 107 Å². The molecule has 7 N–H and O–H groups in total. The van der Waals surface area contributed by atoms with Gasteiger partial charge in [-0.2, -0.15) is 8.42 Å². The molecule has 2 aliphatic rings. The Bertz CT molecular complexity index is 703. The quantitative estimate of drug-likeness (QED) is 0.177. The second kappa shape index (κ2) is 9.59. The fraction of sp³-hybridized carbons (Fsp3) is 0.857. The lowest BCUT2D eigenvalue weighted by Crippen LogP contribution is -2.66. The van der Waals surface area contributed by atoms with Crippen LogP contribution in [0.3, 0.4) is 0 Å². The van der Waals surface area contributed by atoms with Crippen molar-refractivity contribution in [2.75, 3.05) is 13.2 Å². The summed E-state index contributed by atoms with van der Waals surface area (Å²) in [6, 6.07) is -3.21. The van der Waals surface area contributed by atoms with E-state index in [1.807, 2.05) is 0 Å². The van der Waals surface area contributed by atoms with Crippen molar-refractivity contribution in [1.29, 1.82) is 0 Å². The first-order valence-electron chi connectivity index (χ1n) is 8.59. The van der Waals surface area contributed by atoms with Crippen LogP contribution in [0.15, 0.2) is 0 Å². The smallest absolute Gasteiger partial charge is 0.397 e. The average Bonchev–Trinajstić information content (AvgIpc) is 3.02. The number of ether oxygens (including phenoxy) is 2. The van der Waals surface area contributed by atoms with E-state index in [0.717, 1.165) is 6.92 Å². The van der Waals surface area contributed by atoms with Crippen LogP contribution in [0.4, 0.5) is 0 Å². The Kier molecular flexibility index (Phi) is 7.88. The lowest BCUT2D eigenvalue weighted by atomic mass is 9.96. The molecule has 0 radical (unpaired) electrons. The SMILES string of the molecule is CC(=O)NC1C(OC2CC(C(=O)O)NC2CO)OC(CO)C(OS(=O)(=O)O)C1O. The summed E-state index contributed by atoms with van der Waals surface area (Å²) in [5.41, 5.74) is 0. The summed E-state index contributed by atoms with van der Waals surface area (Å²) in [7, 11) is -5.03. The Morgan fingerprint density at radius 1 is 1.28 bits per heavy atom. The van der Waals surface area contributed by atoms with E-state index in [0.29, 0.717) is 0 Å². The van der Waals surface area contributed by atoms with Gasteiger partial charge in [0.05, 0.1) is 25.4 Å². The molecular formula is C14H24N2O12S. The largest absolute Gasteiger partial charge is 0.480 e. The first-order valence-corrected chi connectivity index (χ1v) is 9.95. The van der Waals surface area contributed by atoms with Crippen LogP contribution in [-0.2, 0) is 33.6 Å². The summed E-state index contributed by atoms with van der Waals surface area (Å²) in [6.45, 7) is -0.213. The standard InChI is InChI=1S/C14H24N2O12S/c1-5(19)15-10-11(20)12(28-29(23,24)25)9(4-18)27-14(10)26-8-2-6(13(21)22)16-7(8)3-17/h6-12,14,16-18,20H,2-4H2,1H3,(H,15,19)(H,21,22)(H,23,24,25). The lowest BCUT2D eigenvalue weighted by Gasteiger charge is -2.44. The summed E-state index contributed by atoms with van der Waals surface area (Å²) >= 11 is 0. The molecular weight excluding hydrogens is 420 g/mol. The van der Waals surface area contributed by atoms with E-state index >= 15 is 0 Å². The molecule has 2 fully saturated rings. The molecule has 0 aromatic rings. The topological polar surface area (TPSA) is 221 Å². The van der Waals surface area contributed by atoms with Crippen molar-refractivity contribution < 1.29 is 56.6 Å². The second-order valence-electron chi connectivity index (χ2n) is 6.69. The Hall–Kier alpha value is -1.43. The zero-order chi connectivity index (χ0) is 21.9. The summed E-state index contributed by atoms with van der Waals surface area (Å²) in [5.74, 6) is -1.82. The van der Waals surface area contributed by atoms with Gasteiger partial charge < -0.3 is 35.2 Å². The number of rotatable bonds is 8. The van der Waals surface area contributed by atoms with Gasteiger partial charge in [0.2, 0.25) is 5.91 Å². The molecule has 14 nitrogen and oxygen atoms in total. The number of carboxylic acids is 1. The number of hydrogen-bond acceptors (Lipinski definition) is 11. The molecule has 8 atom stereocenters. The Morgan fingerprint density at radius 2 is 1.93 bits per heavy atom. The average molecular weight is 444 g/mol. The number of carboxylic acid groups (broad SMARTS) is 1. The maximum Gasteiger partial charge on any atom is 0.397 e. The minimum Gasteiger partial charge on any atom is -0.480 e. The Balaban J connectivity index is 2.24. The third-order valence-electron chi connectivity index (χ3n) is 4.59. The van der Waals surface area contributed by atoms with E-state index in [9.17, 15) is 33.3 Å². The monoisotopic (exact) mass is 444 g/mol. The van der Waals surface area contributed by atoms with E-state index in [2.05, 4.69) is 14.8 Å². The fourth-order valence-electron chi connectivity index (χ4n) is 3.33. The van der Waals surface area contributed by atoms with Crippen molar-refractivity contribution in [1.82, 2.24) is 10.6 Å². The molecule has 0 saturated carbocycles. The third kappa shape index (κ3) is 6.03. The van der Waals surface area contributed by atoms with Gasteiger partial charge >= 0.3 is 16.4 Å². The first kappa shape index (κ1) is 23.8. The van der Waals surface area contributed by atoms with Crippen LogP contribution >= 0.6 is 0 Å². The molecule has 1 amide bonds.